The van der Waals surface area contributed by atoms with E-state index in [4.69, 9.17) is 0 Å². The molecule has 0 aromatic heterocycles. The molecule has 3 aliphatic rings. The first-order valence-electron chi connectivity index (χ1n) is 5.71. The summed E-state index contributed by atoms with van der Waals surface area (Å²) in [5.74, 6) is 0.501. The summed E-state index contributed by atoms with van der Waals surface area (Å²) in [6, 6.07) is 1.95. The number of carbonyl (C=O) groups excluding carboxylic acids is 1. The number of Topliss-reactive ketones (excluding diaryl/α,β-unsaturated/α-hetero) is 1. The Morgan fingerprint density at radius 2 is 1.64 bits per heavy atom. The Balaban J connectivity index is 1.72. The molecule has 3 nitrogen and oxygen atoms in total. The van der Waals surface area contributed by atoms with Crippen molar-refractivity contribution in [2.24, 2.45) is 0 Å². The molecule has 0 aliphatic carbocycles. The topological polar surface area (TPSA) is 23.6 Å². The third kappa shape index (κ3) is 1.22. The van der Waals surface area contributed by atoms with Gasteiger partial charge in [0.1, 0.15) is 5.78 Å². The van der Waals surface area contributed by atoms with Gasteiger partial charge in [-0.3, -0.25) is 9.69 Å². The van der Waals surface area contributed by atoms with Crippen LogP contribution >= 0.6 is 0 Å². The fraction of sp³-hybridized carbons (Fsp3) is 0.909. The smallest absolute Gasteiger partial charge is 0.136 e. The molecule has 0 spiro atoms. The highest BCUT2D eigenvalue weighted by Gasteiger charge is 2.45. The number of ketones is 1. The number of carbonyl (C=O) groups is 1. The molecule has 0 amide bonds. The van der Waals surface area contributed by atoms with Crippen molar-refractivity contribution in [1.82, 2.24) is 9.80 Å². The van der Waals surface area contributed by atoms with Crippen LogP contribution in [-0.4, -0.2) is 53.8 Å². The molecule has 14 heavy (non-hydrogen) atoms. The Labute approximate surface area is 85.1 Å². The highest BCUT2D eigenvalue weighted by atomic mass is 16.1. The number of nitrogens with zero attached hydrogens (tertiary/aromatic N) is 2. The van der Waals surface area contributed by atoms with Gasteiger partial charge in [0.2, 0.25) is 0 Å². The molecule has 0 radical (unpaired) electrons. The van der Waals surface area contributed by atoms with E-state index in [1.165, 1.54) is 25.9 Å². The first-order valence-corrected chi connectivity index (χ1v) is 5.71. The van der Waals surface area contributed by atoms with Crippen LogP contribution in [0.25, 0.3) is 0 Å². The Hall–Kier alpha value is -0.410. The summed E-state index contributed by atoms with van der Waals surface area (Å²) in [4.78, 5) is 16.4. The fourth-order valence-electron chi connectivity index (χ4n) is 3.46. The number of hydrogen-bond acceptors (Lipinski definition) is 3. The normalized spacial score (nSPS) is 40.2. The van der Waals surface area contributed by atoms with Gasteiger partial charge >= 0.3 is 0 Å². The van der Waals surface area contributed by atoms with Crippen molar-refractivity contribution in [2.45, 2.75) is 43.8 Å². The Morgan fingerprint density at radius 3 is 2.14 bits per heavy atom. The molecule has 3 aliphatic heterocycles. The summed E-state index contributed by atoms with van der Waals surface area (Å²) in [5, 5.41) is 0. The molecule has 0 aromatic rings. The van der Waals surface area contributed by atoms with Crippen LogP contribution in [0.1, 0.15) is 25.7 Å². The average Bonchev–Trinajstić information content (AvgIpc) is 2.32. The summed E-state index contributed by atoms with van der Waals surface area (Å²) in [6.07, 6.45) is 4.18. The van der Waals surface area contributed by atoms with Crippen molar-refractivity contribution < 1.29 is 4.79 Å². The van der Waals surface area contributed by atoms with E-state index >= 15 is 0 Å². The van der Waals surface area contributed by atoms with Crippen LogP contribution in [0, 0.1) is 0 Å². The second-order valence-corrected chi connectivity index (χ2v) is 5.15. The number of fused-ring (bicyclic) bond motifs is 2. The Bertz CT molecular complexity index is 244. The van der Waals surface area contributed by atoms with Gasteiger partial charge in [0.15, 0.2) is 0 Å². The lowest BCUT2D eigenvalue weighted by atomic mass is 9.96. The van der Waals surface area contributed by atoms with E-state index < -0.39 is 0 Å². The summed E-state index contributed by atoms with van der Waals surface area (Å²) in [5.41, 5.74) is 0. The van der Waals surface area contributed by atoms with Crippen molar-refractivity contribution in [1.29, 1.82) is 0 Å². The van der Waals surface area contributed by atoms with Gasteiger partial charge in [0.05, 0.1) is 0 Å². The molecule has 78 valence electrons. The quantitative estimate of drug-likeness (QED) is 0.607. The summed E-state index contributed by atoms with van der Waals surface area (Å²) in [7, 11) is 2.17. The summed E-state index contributed by atoms with van der Waals surface area (Å²) >= 11 is 0. The maximum Gasteiger partial charge on any atom is 0.136 e. The third-order valence-electron chi connectivity index (χ3n) is 4.07. The zero-order valence-electron chi connectivity index (χ0n) is 8.78. The minimum Gasteiger partial charge on any atom is -0.303 e. The summed E-state index contributed by atoms with van der Waals surface area (Å²) in [6.45, 7) is 2.42. The molecule has 3 fully saturated rings. The van der Waals surface area contributed by atoms with Gasteiger partial charge in [-0.2, -0.15) is 0 Å². The molecule has 2 atom stereocenters. The molecular weight excluding hydrogens is 176 g/mol. The number of hydrogen-bond donors (Lipinski definition) is 0. The molecule has 3 heteroatoms. The van der Waals surface area contributed by atoms with Crippen molar-refractivity contribution in [3.63, 3.8) is 0 Å². The van der Waals surface area contributed by atoms with Crippen molar-refractivity contribution in [3.05, 3.63) is 0 Å². The van der Waals surface area contributed by atoms with Crippen molar-refractivity contribution in [3.8, 4) is 0 Å². The molecule has 3 saturated heterocycles. The molecule has 3 heterocycles. The van der Waals surface area contributed by atoms with Crippen LogP contribution in [-0.2, 0) is 4.79 Å². The van der Waals surface area contributed by atoms with Gasteiger partial charge in [-0.15, -0.1) is 0 Å². The first kappa shape index (κ1) is 8.86. The lowest BCUT2D eigenvalue weighted by Crippen LogP contribution is -2.62. The van der Waals surface area contributed by atoms with Crippen LogP contribution in [0.15, 0.2) is 0 Å². The van der Waals surface area contributed by atoms with Crippen LogP contribution in [0.3, 0.4) is 0 Å². The van der Waals surface area contributed by atoms with Crippen LogP contribution < -0.4 is 0 Å². The number of likely N-dealkylation sites (N-methyl/N-ethyl adjacent to an activating group) is 1. The second-order valence-electron chi connectivity index (χ2n) is 5.15. The van der Waals surface area contributed by atoms with Gasteiger partial charge in [-0.1, -0.05) is 0 Å². The number of likely N-dealkylation sites (tertiary alicyclic amines) is 1. The van der Waals surface area contributed by atoms with Gasteiger partial charge in [0, 0.05) is 44.1 Å². The Kier molecular flexibility index (Phi) is 1.92. The summed E-state index contributed by atoms with van der Waals surface area (Å²) < 4.78 is 0. The molecule has 3 rings (SSSR count). The SMILES string of the molecule is CN1CC(N2C3CCC2CC(=O)C3)C1. The predicted octanol–water partition coefficient (Wildman–Crippen LogP) is 0.496. The van der Waals surface area contributed by atoms with Crippen LogP contribution in [0.5, 0.6) is 0 Å². The van der Waals surface area contributed by atoms with Gasteiger partial charge in [0.25, 0.3) is 0 Å². The van der Waals surface area contributed by atoms with E-state index in [-0.39, 0.29) is 0 Å². The lowest BCUT2D eigenvalue weighted by Gasteiger charge is -2.48. The molecule has 0 saturated carbocycles. The molecule has 0 aromatic carbocycles. The zero-order valence-corrected chi connectivity index (χ0v) is 8.78. The maximum atomic E-state index is 11.4. The van der Waals surface area contributed by atoms with Crippen molar-refractivity contribution in [2.75, 3.05) is 20.1 Å². The zero-order chi connectivity index (χ0) is 9.71. The minimum absolute atomic E-state index is 0.501. The van der Waals surface area contributed by atoms with E-state index in [2.05, 4.69) is 16.8 Å². The van der Waals surface area contributed by atoms with Crippen LogP contribution in [0.2, 0.25) is 0 Å². The van der Waals surface area contributed by atoms with Gasteiger partial charge < -0.3 is 4.90 Å². The molecular formula is C11H18N2O. The van der Waals surface area contributed by atoms with Gasteiger partial charge in [-0.05, 0) is 19.9 Å². The lowest BCUT2D eigenvalue weighted by molar-refractivity contribution is -0.125. The van der Waals surface area contributed by atoms with Crippen LogP contribution in [0.4, 0.5) is 0 Å². The monoisotopic (exact) mass is 194 g/mol. The van der Waals surface area contributed by atoms with Crippen molar-refractivity contribution >= 4 is 5.78 Å². The molecule has 2 unspecified atom stereocenters. The molecule has 2 bridgehead atoms. The predicted molar refractivity (Wildman–Crippen MR) is 54.2 cm³/mol. The van der Waals surface area contributed by atoms with Gasteiger partial charge in [-0.25, -0.2) is 0 Å². The largest absolute Gasteiger partial charge is 0.303 e. The first-order chi connectivity index (χ1) is 6.74. The highest BCUT2D eigenvalue weighted by molar-refractivity contribution is 5.81. The van der Waals surface area contributed by atoms with E-state index in [0.29, 0.717) is 17.9 Å². The maximum absolute atomic E-state index is 11.4. The second kappa shape index (κ2) is 3.04. The van der Waals surface area contributed by atoms with E-state index in [1.807, 2.05) is 0 Å². The molecule has 0 N–H and O–H groups in total. The average molecular weight is 194 g/mol. The minimum atomic E-state index is 0.501. The highest BCUT2D eigenvalue weighted by Crippen LogP contribution is 2.37. The number of piperidine rings is 1. The van der Waals surface area contributed by atoms with E-state index in [9.17, 15) is 4.79 Å². The number of rotatable bonds is 1. The standard InChI is InChI=1S/C11H18N2O/c1-12-6-10(7-12)13-8-2-3-9(13)5-11(14)4-8/h8-10H,2-7H2,1H3. The van der Waals surface area contributed by atoms with E-state index in [0.717, 1.165) is 18.9 Å². The third-order valence-corrected chi connectivity index (χ3v) is 4.07. The Morgan fingerprint density at radius 1 is 1.07 bits per heavy atom. The van der Waals surface area contributed by atoms with E-state index in [1.54, 1.807) is 0 Å². The fourth-order valence-corrected chi connectivity index (χ4v) is 3.46.